The molecule has 19 heavy (non-hydrogen) atoms. The van der Waals surface area contributed by atoms with Gasteiger partial charge in [0.2, 0.25) is 5.28 Å². The molecule has 3 aromatic rings. The summed E-state index contributed by atoms with van der Waals surface area (Å²) in [5.41, 5.74) is 2.32. The van der Waals surface area contributed by atoms with Gasteiger partial charge in [-0.2, -0.15) is 9.97 Å². The second-order valence-corrected chi connectivity index (χ2v) is 4.38. The van der Waals surface area contributed by atoms with Crippen LogP contribution in [0.15, 0.2) is 30.7 Å². The van der Waals surface area contributed by atoms with Gasteiger partial charge in [0.25, 0.3) is 0 Å². The second-order valence-electron chi connectivity index (χ2n) is 4.04. The van der Waals surface area contributed by atoms with Crippen LogP contribution < -0.4 is 5.32 Å². The Kier molecular flexibility index (Phi) is 3.00. The minimum absolute atomic E-state index is 0.176. The maximum Gasteiger partial charge on any atom is 0.226 e. The summed E-state index contributed by atoms with van der Waals surface area (Å²) >= 11 is 5.89. The van der Waals surface area contributed by atoms with Crippen molar-refractivity contribution in [3.05, 3.63) is 41.7 Å². The monoisotopic (exact) mass is 274 g/mol. The molecule has 0 aliphatic carbocycles. The van der Waals surface area contributed by atoms with Crippen LogP contribution in [0.3, 0.4) is 0 Å². The van der Waals surface area contributed by atoms with Gasteiger partial charge in [0, 0.05) is 13.2 Å². The van der Waals surface area contributed by atoms with E-state index in [1.165, 1.54) is 0 Å². The van der Waals surface area contributed by atoms with Crippen LogP contribution in [0.4, 0.5) is 5.82 Å². The van der Waals surface area contributed by atoms with E-state index in [-0.39, 0.29) is 5.28 Å². The van der Waals surface area contributed by atoms with E-state index in [2.05, 4.69) is 25.3 Å². The number of aryl methyl sites for hydroxylation is 1. The predicted molar refractivity (Wildman–Crippen MR) is 72.9 cm³/mol. The van der Waals surface area contributed by atoms with Gasteiger partial charge in [0.1, 0.15) is 5.52 Å². The van der Waals surface area contributed by atoms with Gasteiger partial charge in [-0.3, -0.25) is 4.98 Å². The highest BCUT2D eigenvalue weighted by Crippen LogP contribution is 2.20. The Balaban J connectivity index is 1.94. The fourth-order valence-electron chi connectivity index (χ4n) is 1.83. The van der Waals surface area contributed by atoms with Crippen LogP contribution in [0.5, 0.6) is 0 Å². The summed E-state index contributed by atoms with van der Waals surface area (Å²) in [7, 11) is 1.89. The van der Waals surface area contributed by atoms with Crippen molar-refractivity contribution in [1.29, 1.82) is 0 Å². The van der Waals surface area contributed by atoms with Crippen LogP contribution in [-0.2, 0) is 13.6 Å². The first-order valence-corrected chi connectivity index (χ1v) is 6.10. The zero-order chi connectivity index (χ0) is 13.2. The molecule has 3 rings (SSSR count). The summed E-state index contributed by atoms with van der Waals surface area (Å²) in [6.45, 7) is 0.564. The van der Waals surface area contributed by atoms with Crippen LogP contribution >= 0.6 is 11.6 Å². The van der Waals surface area contributed by atoms with Crippen molar-refractivity contribution in [1.82, 2.24) is 24.5 Å². The molecule has 96 valence electrons. The number of anilines is 1. The van der Waals surface area contributed by atoms with Gasteiger partial charge in [0.15, 0.2) is 11.5 Å². The number of fused-ring (bicyclic) bond motifs is 1. The van der Waals surface area contributed by atoms with E-state index in [4.69, 9.17) is 11.6 Å². The van der Waals surface area contributed by atoms with E-state index in [9.17, 15) is 0 Å². The average Bonchev–Trinajstić information content (AvgIpc) is 2.79. The minimum Gasteiger partial charge on any atom is -0.362 e. The smallest absolute Gasteiger partial charge is 0.226 e. The first-order valence-electron chi connectivity index (χ1n) is 5.72. The van der Waals surface area contributed by atoms with Gasteiger partial charge in [-0.1, -0.05) is 6.07 Å². The van der Waals surface area contributed by atoms with Gasteiger partial charge in [-0.25, -0.2) is 4.98 Å². The number of hydrogen-bond donors (Lipinski definition) is 1. The maximum atomic E-state index is 5.89. The third-order valence-electron chi connectivity index (χ3n) is 2.71. The quantitative estimate of drug-likeness (QED) is 0.740. The number of hydrogen-bond acceptors (Lipinski definition) is 5. The zero-order valence-corrected chi connectivity index (χ0v) is 11.0. The van der Waals surface area contributed by atoms with Crippen molar-refractivity contribution >= 4 is 28.6 Å². The normalized spacial score (nSPS) is 10.8. The zero-order valence-electron chi connectivity index (χ0n) is 10.2. The Bertz CT molecular complexity index is 709. The number of aromatic nitrogens is 5. The molecule has 0 radical (unpaired) electrons. The fraction of sp³-hybridized carbons (Fsp3) is 0.167. The van der Waals surface area contributed by atoms with Crippen molar-refractivity contribution in [3.63, 3.8) is 0 Å². The lowest BCUT2D eigenvalue weighted by atomic mass is 10.3. The topological polar surface area (TPSA) is 68.5 Å². The van der Waals surface area contributed by atoms with Crippen LogP contribution in [0.2, 0.25) is 5.28 Å². The van der Waals surface area contributed by atoms with Crippen LogP contribution in [0.1, 0.15) is 5.69 Å². The molecule has 7 heteroatoms. The Labute approximate surface area is 114 Å². The molecule has 0 saturated heterocycles. The van der Waals surface area contributed by atoms with E-state index in [1.54, 1.807) is 12.5 Å². The molecular weight excluding hydrogens is 264 g/mol. The summed E-state index contributed by atoms with van der Waals surface area (Å²) < 4.78 is 1.85. The molecule has 6 nitrogen and oxygen atoms in total. The number of nitrogens with one attached hydrogen (secondary N) is 1. The molecule has 0 amide bonds. The molecule has 1 N–H and O–H groups in total. The minimum atomic E-state index is 0.176. The van der Waals surface area contributed by atoms with Crippen molar-refractivity contribution in [2.75, 3.05) is 5.32 Å². The standard InChI is InChI=1S/C12H11ClN6/c1-19-7-16-11-9(19)10(17-12(13)18-11)15-6-8-4-2-3-5-14-8/h2-5,7H,6H2,1H3,(H,15,17,18). The molecule has 0 atom stereocenters. The summed E-state index contributed by atoms with van der Waals surface area (Å²) in [6.07, 6.45) is 3.44. The average molecular weight is 275 g/mol. The van der Waals surface area contributed by atoms with Gasteiger partial charge in [-0.15, -0.1) is 0 Å². The third-order valence-corrected chi connectivity index (χ3v) is 2.88. The van der Waals surface area contributed by atoms with Gasteiger partial charge >= 0.3 is 0 Å². The molecule has 3 aromatic heterocycles. The lowest BCUT2D eigenvalue weighted by Crippen LogP contribution is -2.05. The van der Waals surface area contributed by atoms with Crippen LogP contribution in [0.25, 0.3) is 11.2 Å². The molecule has 0 bridgehead atoms. The van der Waals surface area contributed by atoms with Crippen molar-refractivity contribution < 1.29 is 0 Å². The lowest BCUT2D eigenvalue weighted by molar-refractivity contribution is 0.940. The Morgan fingerprint density at radius 3 is 2.95 bits per heavy atom. The second kappa shape index (κ2) is 4.81. The summed E-state index contributed by atoms with van der Waals surface area (Å²) in [5.74, 6) is 0.653. The first-order chi connectivity index (χ1) is 9.24. The van der Waals surface area contributed by atoms with Gasteiger partial charge in [0.05, 0.1) is 18.6 Å². The molecule has 0 fully saturated rings. The van der Waals surface area contributed by atoms with Gasteiger partial charge in [-0.05, 0) is 23.7 Å². The third kappa shape index (κ3) is 2.34. The molecule has 0 aromatic carbocycles. The molecule has 0 spiro atoms. The molecular formula is C12H11ClN6. The van der Waals surface area contributed by atoms with Gasteiger partial charge < -0.3 is 9.88 Å². The maximum absolute atomic E-state index is 5.89. The molecule has 3 heterocycles. The summed E-state index contributed by atoms with van der Waals surface area (Å²) in [4.78, 5) is 16.7. The predicted octanol–water partition coefficient (Wildman–Crippen LogP) is 2.02. The van der Waals surface area contributed by atoms with E-state index in [1.807, 2.05) is 29.8 Å². The van der Waals surface area contributed by atoms with E-state index >= 15 is 0 Å². The van der Waals surface area contributed by atoms with Crippen molar-refractivity contribution in [2.24, 2.45) is 7.05 Å². The highest BCUT2D eigenvalue weighted by Gasteiger charge is 2.11. The van der Waals surface area contributed by atoms with E-state index in [0.29, 0.717) is 18.0 Å². The van der Waals surface area contributed by atoms with Crippen molar-refractivity contribution in [2.45, 2.75) is 6.54 Å². The molecule has 0 unspecified atom stereocenters. The first kappa shape index (κ1) is 11.9. The van der Waals surface area contributed by atoms with Crippen molar-refractivity contribution in [3.8, 4) is 0 Å². The van der Waals surface area contributed by atoms with E-state index < -0.39 is 0 Å². The van der Waals surface area contributed by atoms with Crippen LogP contribution in [0, 0.1) is 0 Å². The lowest BCUT2D eigenvalue weighted by Gasteiger charge is -2.07. The highest BCUT2D eigenvalue weighted by molar-refractivity contribution is 6.28. The largest absolute Gasteiger partial charge is 0.362 e. The number of pyridine rings is 1. The molecule has 0 aliphatic rings. The van der Waals surface area contributed by atoms with Crippen LogP contribution in [-0.4, -0.2) is 24.5 Å². The molecule has 0 saturated carbocycles. The Morgan fingerprint density at radius 2 is 2.16 bits per heavy atom. The van der Waals surface area contributed by atoms with E-state index in [0.717, 1.165) is 11.2 Å². The number of nitrogens with zero attached hydrogens (tertiary/aromatic N) is 5. The SMILES string of the molecule is Cn1cnc2nc(Cl)nc(NCc3ccccn3)c21. The Morgan fingerprint density at radius 1 is 1.26 bits per heavy atom. The molecule has 0 aliphatic heterocycles. The summed E-state index contributed by atoms with van der Waals surface area (Å²) in [6, 6.07) is 5.76. The number of halogens is 1. The highest BCUT2D eigenvalue weighted by atomic mass is 35.5. The Hall–Kier alpha value is -2.21. The summed E-state index contributed by atoms with van der Waals surface area (Å²) in [5, 5.41) is 3.39. The number of imidazole rings is 1. The fourth-order valence-corrected chi connectivity index (χ4v) is 2.00. The number of rotatable bonds is 3.